The second kappa shape index (κ2) is 7.74. The average Bonchev–Trinajstić information content (AvgIpc) is 3.07. The van der Waals surface area contributed by atoms with E-state index in [2.05, 4.69) is 10.6 Å². The minimum Gasteiger partial charge on any atom is -0.454 e. The molecule has 0 saturated carbocycles. The number of rotatable bonds is 5. The number of carbonyl (C=O) groups is 2. The maximum atomic E-state index is 12.1. The molecule has 0 unspecified atom stereocenters. The molecule has 0 aliphatic carbocycles. The van der Waals surface area contributed by atoms with Crippen molar-refractivity contribution >= 4 is 23.6 Å². The molecule has 0 spiro atoms. The van der Waals surface area contributed by atoms with Crippen molar-refractivity contribution in [1.29, 1.82) is 0 Å². The Labute approximate surface area is 151 Å². The fraction of sp³-hybridized carbons (Fsp3) is 0.200. The first kappa shape index (κ1) is 17.5. The summed E-state index contributed by atoms with van der Waals surface area (Å²) in [6, 6.07) is 12.3. The summed E-state index contributed by atoms with van der Waals surface area (Å²) in [7, 11) is 0. The number of fused-ring (bicyclic) bond motifs is 1. The Kier molecular flexibility index (Phi) is 5.22. The van der Waals surface area contributed by atoms with Crippen LogP contribution in [0.25, 0.3) is 6.08 Å². The van der Waals surface area contributed by atoms with Gasteiger partial charge in [-0.25, -0.2) is 0 Å². The predicted molar refractivity (Wildman–Crippen MR) is 99.3 cm³/mol. The van der Waals surface area contributed by atoms with Crippen LogP contribution < -0.4 is 20.1 Å². The zero-order chi connectivity index (χ0) is 18.5. The van der Waals surface area contributed by atoms with Gasteiger partial charge in [0, 0.05) is 23.4 Å². The second-order valence-corrected chi connectivity index (χ2v) is 6.14. The van der Waals surface area contributed by atoms with E-state index in [4.69, 9.17) is 9.47 Å². The van der Waals surface area contributed by atoms with Crippen LogP contribution in [0.1, 0.15) is 29.8 Å². The molecule has 26 heavy (non-hydrogen) atoms. The van der Waals surface area contributed by atoms with Gasteiger partial charge in [-0.2, -0.15) is 0 Å². The maximum Gasteiger partial charge on any atom is 0.251 e. The Hall–Kier alpha value is -3.28. The van der Waals surface area contributed by atoms with Crippen LogP contribution >= 0.6 is 0 Å². The normalized spacial score (nSPS) is 12.4. The lowest BCUT2D eigenvalue weighted by Gasteiger charge is -2.09. The standard InChI is InChI=1S/C20H20N2O4/c1-13(2)21-20(24)15-5-7-16(8-6-15)22-19(23)10-4-14-3-9-17-18(11-14)26-12-25-17/h3-11,13H,12H2,1-2H3,(H,21,24)(H,22,23)/b10-4+. The molecule has 0 fully saturated rings. The SMILES string of the molecule is CC(C)NC(=O)c1ccc(NC(=O)/C=C/c2ccc3c(c2)OCO3)cc1. The summed E-state index contributed by atoms with van der Waals surface area (Å²) in [4.78, 5) is 24.0. The van der Waals surface area contributed by atoms with Crippen molar-refractivity contribution in [1.82, 2.24) is 5.32 Å². The number of anilines is 1. The van der Waals surface area contributed by atoms with Gasteiger partial charge in [-0.05, 0) is 61.9 Å². The smallest absolute Gasteiger partial charge is 0.251 e. The summed E-state index contributed by atoms with van der Waals surface area (Å²) in [6.07, 6.45) is 3.14. The zero-order valence-electron chi connectivity index (χ0n) is 14.6. The number of benzene rings is 2. The molecule has 1 aliphatic heterocycles. The Balaban J connectivity index is 1.58. The summed E-state index contributed by atoms with van der Waals surface area (Å²) in [5.41, 5.74) is 2.00. The third-order valence-electron chi connectivity index (χ3n) is 3.66. The quantitative estimate of drug-likeness (QED) is 0.810. The Morgan fingerprint density at radius 1 is 1.04 bits per heavy atom. The molecule has 1 heterocycles. The van der Waals surface area contributed by atoms with Gasteiger partial charge < -0.3 is 20.1 Å². The molecule has 0 radical (unpaired) electrons. The van der Waals surface area contributed by atoms with Crippen molar-refractivity contribution < 1.29 is 19.1 Å². The van der Waals surface area contributed by atoms with Gasteiger partial charge in [-0.3, -0.25) is 9.59 Å². The van der Waals surface area contributed by atoms with Crippen molar-refractivity contribution in [2.24, 2.45) is 0 Å². The molecular formula is C20H20N2O4. The van der Waals surface area contributed by atoms with Crippen LogP contribution in [-0.4, -0.2) is 24.6 Å². The molecule has 2 aromatic rings. The number of amides is 2. The number of hydrogen-bond acceptors (Lipinski definition) is 4. The van der Waals surface area contributed by atoms with Crippen LogP contribution in [0.2, 0.25) is 0 Å². The van der Waals surface area contributed by atoms with E-state index in [-0.39, 0.29) is 24.6 Å². The lowest BCUT2D eigenvalue weighted by molar-refractivity contribution is -0.111. The second-order valence-electron chi connectivity index (χ2n) is 6.14. The van der Waals surface area contributed by atoms with E-state index in [0.717, 1.165) is 5.56 Å². The van der Waals surface area contributed by atoms with Crippen LogP contribution in [0.5, 0.6) is 11.5 Å². The summed E-state index contributed by atoms with van der Waals surface area (Å²) in [5, 5.41) is 5.58. The summed E-state index contributed by atoms with van der Waals surface area (Å²) >= 11 is 0. The Bertz CT molecular complexity index is 841. The molecule has 2 aromatic carbocycles. The van der Waals surface area contributed by atoms with Crippen molar-refractivity contribution in [2.45, 2.75) is 19.9 Å². The van der Waals surface area contributed by atoms with Crippen LogP contribution in [0.15, 0.2) is 48.5 Å². The molecule has 2 N–H and O–H groups in total. The topological polar surface area (TPSA) is 76.7 Å². The molecule has 0 bridgehead atoms. The number of carbonyl (C=O) groups excluding carboxylic acids is 2. The summed E-state index contributed by atoms with van der Waals surface area (Å²) in [6.45, 7) is 4.02. The van der Waals surface area contributed by atoms with Crippen LogP contribution in [0, 0.1) is 0 Å². The largest absolute Gasteiger partial charge is 0.454 e. The Morgan fingerprint density at radius 2 is 1.77 bits per heavy atom. The van der Waals surface area contributed by atoms with E-state index in [0.29, 0.717) is 22.7 Å². The highest BCUT2D eigenvalue weighted by Crippen LogP contribution is 2.32. The summed E-state index contributed by atoms with van der Waals surface area (Å²) < 4.78 is 10.6. The molecule has 134 valence electrons. The van der Waals surface area contributed by atoms with E-state index in [1.807, 2.05) is 26.0 Å². The summed E-state index contributed by atoms with van der Waals surface area (Å²) in [5.74, 6) is 0.971. The van der Waals surface area contributed by atoms with Gasteiger partial charge in [0.05, 0.1) is 0 Å². The molecule has 6 heteroatoms. The molecule has 0 aromatic heterocycles. The minimum absolute atomic E-state index is 0.0724. The molecule has 1 aliphatic rings. The molecule has 0 atom stereocenters. The Morgan fingerprint density at radius 3 is 2.50 bits per heavy atom. The number of nitrogens with one attached hydrogen (secondary N) is 2. The van der Waals surface area contributed by atoms with Crippen LogP contribution in [0.4, 0.5) is 5.69 Å². The van der Waals surface area contributed by atoms with Crippen molar-refractivity contribution in [3.8, 4) is 11.5 Å². The van der Waals surface area contributed by atoms with Gasteiger partial charge in [-0.15, -0.1) is 0 Å². The monoisotopic (exact) mass is 352 g/mol. The number of hydrogen-bond donors (Lipinski definition) is 2. The molecule has 0 saturated heterocycles. The molecule has 2 amide bonds. The first-order valence-corrected chi connectivity index (χ1v) is 8.31. The van der Waals surface area contributed by atoms with E-state index in [1.165, 1.54) is 6.08 Å². The van der Waals surface area contributed by atoms with E-state index in [1.54, 1.807) is 36.4 Å². The zero-order valence-corrected chi connectivity index (χ0v) is 14.6. The average molecular weight is 352 g/mol. The van der Waals surface area contributed by atoms with Gasteiger partial charge in [0.2, 0.25) is 12.7 Å². The first-order chi connectivity index (χ1) is 12.5. The van der Waals surface area contributed by atoms with Crippen LogP contribution in [0.3, 0.4) is 0 Å². The predicted octanol–water partition coefficient (Wildman–Crippen LogP) is 3.21. The first-order valence-electron chi connectivity index (χ1n) is 8.31. The van der Waals surface area contributed by atoms with Gasteiger partial charge >= 0.3 is 0 Å². The van der Waals surface area contributed by atoms with Gasteiger partial charge in [0.15, 0.2) is 11.5 Å². The lowest BCUT2D eigenvalue weighted by Crippen LogP contribution is -2.29. The van der Waals surface area contributed by atoms with E-state index < -0.39 is 0 Å². The van der Waals surface area contributed by atoms with Crippen molar-refractivity contribution in [2.75, 3.05) is 12.1 Å². The van der Waals surface area contributed by atoms with Gasteiger partial charge in [0.1, 0.15) is 0 Å². The molecule has 3 rings (SSSR count). The lowest BCUT2D eigenvalue weighted by atomic mass is 10.1. The third-order valence-corrected chi connectivity index (χ3v) is 3.66. The third kappa shape index (κ3) is 4.42. The number of ether oxygens (including phenoxy) is 2. The maximum absolute atomic E-state index is 12.1. The van der Waals surface area contributed by atoms with Crippen LogP contribution in [-0.2, 0) is 4.79 Å². The van der Waals surface area contributed by atoms with E-state index >= 15 is 0 Å². The fourth-order valence-corrected chi connectivity index (χ4v) is 2.42. The molecular weight excluding hydrogens is 332 g/mol. The highest BCUT2D eigenvalue weighted by Gasteiger charge is 2.12. The van der Waals surface area contributed by atoms with E-state index in [9.17, 15) is 9.59 Å². The minimum atomic E-state index is -0.262. The highest BCUT2D eigenvalue weighted by molar-refractivity contribution is 6.02. The van der Waals surface area contributed by atoms with Crippen molar-refractivity contribution in [3.63, 3.8) is 0 Å². The van der Waals surface area contributed by atoms with Gasteiger partial charge in [-0.1, -0.05) is 6.07 Å². The van der Waals surface area contributed by atoms with Gasteiger partial charge in [0.25, 0.3) is 5.91 Å². The van der Waals surface area contributed by atoms with Crippen molar-refractivity contribution in [3.05, 3.63) is 59.7 Å². The molecule has 6 nitrogen and oxygen atoms in total. The highest BCUT2D eigenvalue weighted by atomic mass is 16.7. The fourth-order valence-electron chi connectivity index (χ4n) is 2.42.